The molecule has 37 heavy (non-hydrogen) atoms. The van der Waals surface area contributed by atoms with Crippen molar-refractivity contribution in [3.63, 3.8) is 0 Å². The van der Waals surface area contributed by atoms with Crippen LogP contribution in [-0.2, 0) is 5.75 Å². The molecule has 0 spiro atoms. The quantitative estimate of drug-likeness (QED) is 0.257. The molecule has 0 fully saturated rings. The summed E-state index contributed by atoms with van der Waals surface area (Å²) in [6, 6.07) is 15.1. The van der Waals surface area contributed by atoms with Crippen LogP contribution in [0.25, 0.3) is 28.5 Å². The van der Waals surface area contributed by atoms with E-state index in [1.807, 2.05) is 66.2 Å². The number of ether oxygens (including phenoxy) is 3. The molecular weight excluding hydrogens is 490 g/mol. The van der Waals surface area contributed by atoms with E-state index in [0.29, 0.717) is 64.1 Å². The Kier molecular flexibility index (Phi) is 7.31. The maximum atomic E-state index is 5.71. The summed E-state index contributed by atoms with van der Waals surface area (Å²) in [6.45, 7) is 2.42. The van der Waals surface area contributed by atoms with E-state index in [-0.39, 0.29) is 0 Å². The fourth-order valence-electron chi connectivity index (χ4n) is 3.78. The summed E-state index contributed by atoms with van der Waals surface area (Å²) in [5.41, 5.74) is 3.31. The van der Waals surface area contributed by atoms with Crippen molar-refractivity contribution in [1.82, 2.24) is 29.5 Å². The van der Waals surface area contributed by atoms with E-state index in [1.54, 1.807) is 26.6 Å². The predicted molar refractivity (Wildman–Crippen MR) is 143 cm³/mol. The van der Waals surface area contributed by atoms with Gasteiger partial charge in [-0.05, 0) is 48.7 Å². The minimum atomic E-state index is 0.453. The average Bonchev–Trinajstić information content (AvgIpc) is 3.32. The molecule has 0 unspecified atom stereocenters. The number of hydrogen-bond acceptors (Lipinski definition) is 10. The van der Waals surface area contributed by atoms with E-state index in [2.05, 4.69) is 19.7 Å². The lowest BCUT2D eigenvalue weighted by atomic mass is 10.2. The van der Waals surface area contributed by atoms with Crippen molar-refractivity contribution < 1.29 is 14.2 Å². The highest BCUT2D eigenvalue weighted by Gasteiger charge is 2.24. The zero-order valence-electron chi connectivity index (χ0n) is 20.6. The first-order valence-corrected chi connectivity index (χ1v) is 12.5. The minimum absolute atomic E-state index is 0.453. The molecule has 0 atom stereocenters. The summed E-state index contributed by atoms with van der Waals surface area (Å²) < 4.78 is 22.2. The molecule has 1 aromatic carbocycles. The van der Waals surface area contributed by atoms with Gasteiger partial charge in [-0.3, -0.25) is 9.55 Å². The lowest BCUT2D eigenvalue weighted by Gasteiger charge is -2.16. The molecule has 10 nitrogen and oxygen atoms in total. The molecule has 5 aromatic rings. The van der Waals surface area contributed by atoms with Crippen LogP contribution in [0, 0.1) is 0 Å². The molecule has 4 heterocycles. The van der Waals surface area contributed by atoms with Gasteiger partial charge in [-0.15, -0.1) is 0 Å². The Bertz CT molecular complexity index is 1490. The molecular formula is C26H25N7O3S. The van der Waals surface area contributed by atoms with E-state index in [0.717, 1.165) is 5.56 Å². The van der Waals surface area contributed by atoms with Gasteiger partial charge in [0.1, 0.15) is 22.9 Å². The molecule has 188 valence electrons. The Labute approximate surface area is 218 Å². The Morgan fingerprint density at radius 3 is 2.46 bits per heavy atom. The molecule has 5 rings (SSSR count). The third-order valence-electron chi connectivity index (χ3n) is 5.38. The summed E-state index contributed by atoms with van der Waals surface area (Å²) in [5.74, 6) is 3.50. The third kappa shape index (κ3) is 5.12. The van der Waals surface area contributed by atoms with Gasteiger partial charge < -0.3 is 18.9 Å². The van der Waals surface area contributed by atoms with Gasteiger partial charge >= 0.3 is 0 Å². The molecule has 0 saturated carbocycles. The van der Waals surface area contributed by atoms with Crippen molar-refractivity contribution >= 4 is 29.1 Å². The van der Waals surface area contributed by atoms with E-state index >= 15 is 0 Å². The van der Waals surface area contributed by atoms with Crippen LogP contribution in [0.4, 0.5) is 5.82 Å². The van der Waals surface area contributed by atoms with Crippen molar-refractivity contribution in [2.75, 3.05) is 25.5 Å². The Morgan fingerprint density at radius 1 is 0.919 bits per heavy atom. The second kappa shape index (κ2) is 11.1. The van der Waals surface area contributed by atoms with Gasteiger partial charge in [-0.1, -0.05) is 18.2 Å². The average molecular weight is 516 g/mol. The number of hydrogen-bond donors (Lipinski definition) is 1. The van der Waals surface area contributed by atoms with Crippen molar-refractivity contribution in [2.24, 2.45) is 0 Å². The molecule has 4 aromatic heterocycles. The SMILES string of the molecule is CCOc1cccc(-c2nc3ncc(NSCc4cccnc4)nc3n2-c2c(OC)cccc2OC)n1. The number of imidazole rings is 1. The topological polar surface area (TPSA) is 109 Å². The summed E-state index contributed by atoms with van der Waals surface area (Å²) >= 11 is 1.50. The van der Waals surface area contributed by atoms with Crippen molar-refractivity contribution in [3.8, 4) is 34.6 Å². The molecule has 0 aliphatic rings. The van der Waals surface area contributed by atoms with Gasteiger partial charge in [0.2, 0.25) is 5.88 Å². The maximum absolute atomic E-state index is 5.71. The van der Waals surface area contributed by atoms with E-state index < -0.39 is 0 Å². The first-order chi connectivity index (χ1) is 18.2. The number of methoxy groups -OCH3 is 2. The number of nitrogens with one attached hydrogen (secondary N) is 1. The molecule has 0 aliphatic heterocycles. The highest BCUT2D eigenvalue weighted by molar-refractivity contribution is 7.99. The number of benzene rings is 1. The summed E-state index contributed by atoms with van der Waals surface area (Å²) in [7, 11) is 3.22. The summed E-state index contributed by atoms with van der Waals surface area (Å²) in [4.78, 5) is 23.1. The highest BCUT2D eigenvalue weighted by Crippen LogP contribution is 2.38. The third-order valence-corrected chi connectivity index (χ3v) is 6.21. The second-order valence-electron chi connectivity index (χ2n) is 7.73. The molecule has 11 heteroatoms. The van der Waals surface area contributed by atoms with E-state index in [1.165, 1.54) is 11.9 Å². The van der Waals surface area contributed by atoms with Crippen LogP contribution in [0.5, 0.6) is 17.4 Å². The van der Waals surface area contributed by atoms with Crippen molar-refractivity contribution in [2.45, 2.75) is 12.7 Å². The predicted octanol–water partition coefficient (Wildman–Crippen LogP) is 4.95. The molecule has 0 saturated heterocycles. The summed E-state index contributed by atoms with van der Waals surface area (Å²) in [5, 5.41) is 0. The van der Waals surface area contributed by atoms with Gasteiger partial charge in [0.15, 0.2) is 22.9 Å². The number of anilines is 1. The van der Waals surface area contributed by atoms with E-state index in [4.69, 9.17) is 24.2 Å². The van der Waals surface area contributed by atoms with Gasteiger partial charge in [0, 0.05) is 24.2 Å². The van der Waals surface area contributed by atoms with Crippen molar-refractivity contribution in [1.29, 1.82) is 0 Å². The van der Waals surface area contributed by atoms with Crippen LogP contribution in [0.1, 0.15) is 12.5 Å². The van der Waals surface area contributed by atoms with Gasteiger partial charge in [-0.25, -0.2) is 19.9 Å². The van der Waals surface area contributed by atoms with E-state index in [9.17, 15) is 0 Å². The first-order valence-electron chi connectivity index (χ1n) is 11.6. The fraction of sp³-hybridized carbons (Fsp3) is 0.192. The molecule has 0 radical (unpaired) electrons. The first kappa shape index (κ1) is 24.3. The molecule has 0 aliphatic carbocycles. The number of fused-ring (bicyclic) bond motifs is 1. The molecule has 0 amide bonds. The largest absolute Gasteiger partial charge is 0.494 e. The highest BCUT2D eigenvalue weighted by atomic mass is 32.2. The van der Waals surface area contributed by atoms with Crippen LogP contribution < -0.4 is 18.9 Å². The standard InChI is InChI=1S/C26H25N7O3S/c1-4-36-22-12-5-9-18(29-22)25-31-24-26(33(25)23-19(34-2)10-6-11-20(23)35-3)30-21(15-28-24)32-37-16-17-8-7-13-27-14-17/h5-15H,4,16H2,1-3H3,(H,30,32). The van der Waals surface area contributed by atoms with Crippen LogP contribution in [0.3, 0.4) is 0 Å². The number of rotatable bonds is 10. The Morgan fingerprint density at radius 2 is 1.73 bits per heavy atom. The van der Waals surface area contributed by atoms with Gasteiger partial charge in [-0.2, -0.15) is 0 Å². The number of nitrogens with zero attached hydrogens (tertiary/aromatic N) is 6. The van der Waals surface area contributed by atoms with Crippen LogP contribution in [-0.4, -0.2) is 50.3 Å². The fourth-order valence-corrected chi connectivity index (χ4v) is 4.44. The molecule has 0 bridgehead atoms. The number of aromatic nitrogens is 6. The van der Waals surface area contributed by atoms with Gasteiger partial charge in [0.05, 0.1) is 27.0 Å². The zero-order valence-corrected chi connectivity index (χ0v) is 21.4. The Balaban J connectivity index is 1.63. The maximum Gasteiger partial charge on any atom is 0.213 e. The number of para-hydroxylation sites is 1. The lowest BCUT2D eigenvalue weighted by molar-refractivity contribution is 0.327. The zero-order chi connectivity index (χ0) is 25.6. The summed E-state index contributed by atoms with van der Waals surface area (Å²) in [6.07, 6.45) is 5.25. The van der Waals surface area contributed by atoms with Crippen LogP contribution >= 0.6 is 11.9 Å². The van der Waals surface area contributed by atoms with Gasteiger partial charge in [0.25, 0.3) is 0 Å². The minimum Gasteiger partial charge on any atom is -0.494 e. The smallest absolute Gasteiger partial charge is 0.213 e. The lowest BCUT2D eigenvalue weighted by Crippen LogP contribution is -2.06. The second-order valence-corrected chi connectivity index (χ2v) is 8.51. The number of pyridine rings is 2. The monoisotopic (exact) mass is 515 g/mol. The van der Waals surface area contributed by atoms with Crippen LogP contribution in [0.15, 0.2) is 67.1 Å². The van der Waals surface area contributed by atoms with Crippen LogP contribution in [0.2, 0.25) is 0 Å². The van der Waals surface area contributed by atoms with Crippen molar-refractivity contribution in [3.05, 3.63) is 72.7 Å². The Hall–Kier alpha value is -4.38. The molecule has 1 N–H and O–H groups in total. The normalized spacial score (nSPS) is 10.9.